The van der Waals surface area contributed by atoms with Crippen molar-refractivity contribution < 1.29 is 14.6 Å². The maximum atomic E-state index is 11.0. The van der Waals surface area contributed by atoms with Crippen molar-refractivity contribution in [1.29, 1.82) is 0 Å². The number of carbonyl (C=O) groups is 1. The molecule has 20 heavy (non-hydrogen) atoms. The molecule has 3 rings (SSSR count). The Morgan fingerprint density at radius 2 is 2.35 bits per heavy atom. The molecule has 0 aliphatic carbocycles. The van der Waals surface area contributed by atoms with Crippen molar-refractivity contribution >= 4 is 22.8 Å². The van der Waals surface area contributed by atoms with Crippen LogP contribution in [0.3, 0.4) is 0 Å². The topological polar surface area (TPSA) is 91.3 Å². The monoisotopic (exact) mass is 276 g/mol. The minimum atomic E-state index is -0.998. The number of aromatic amines is 1. The second-order valence-corrected chi connectivity index (χ2v) is 4.90. The molecule has 7 heteroatoms. The van der Waals surface area contributed by atoms with Crippen molar-refractivity contribution in [3.05, 3.63) is 18.1 Å². The lowest BCUT2D eigenvalue weighted by atomic mass is 10.2. The average Bonchev–Trinajstić information content (AvgIpc) is 2.76. The van der Waals surface area contributed by atoms with Crippen molar-refractivity contribution in [2.75, 3.05) is 24.6 Å². The second-order valence-electron chi connectivity index (χ2n) is 4.90. The summed E-state index contributed by atoms with van der Waals surface area (Å²) in [5.74, 6) is -0.238. The number of anilines is 1. The fourth-order valence-electron chi connectivity index (χ4n) is 2.40. The van der Waals surface area contributed by atoms with Gasteiger partial charge in [0.25, 0.3) is 0 Å². The van der Waals surface area contributed by atoms with Crippen molar-refractivity contribution in [2.24, 2.45) is 0 Å². The van der Waals surface area contributed by atoms with Crippen LogP contribution in [0.25, 0.3) is 11.0 Å². The van der Waals surface area contributed by atoms with E-state index in [1.807, 2.05) is 0 Å². The van der Waals surface area contributed by atoms with E-state index >= 15 is 0 Å². The molecular formula is C13H16N4O3. The summed E-state index contributed by atoms with van der Waals surface area (Å²) in [5, 5.41) is 9.79. The van der Waals surface area contributed by atoms with E-state index in [0.29, 0.717) is 12.3 Å². The van der Waals surface area contributed by atoms with Gasteiger partial charge in [0.1, 0.15) is 23.5 Å². The number of rotatable bonds is 2. The molecule has 0 spiro atoms. The lowest BCUT2D eigenvalue weighted by Crippen LogP contribution is -2.27. The number of carboxylic acids is 1. The number of H-pyrrole nitrogens is 1. The maximum Gasteiger partial charge on any atom is 0.352 e. The Morgan fingerprint density at radius 3 is 3.15 bits per heavy atom. The molecule has 0 saturated carbocycles. The highest BCUT2D eigenvalue weighted by atomic mass is 16.5. The molecule has 2 N–H and O–H groups in total. The molecule has 0 bridgehead atoms. The van der Waals surface area contributed by atoms with Crippen LogP contribution >= 0.6 is 0 Å². The minimum Gasteiger partial charge on any atom is -0.477 e. The van der Waals surface area contributed by atoms with Gasteiger partial charge in [-0.1, -0.05) is 0 Å². The average molecular weight is 276 g/mol. The number of nitrogens with zero attached hydrogens (tertiary/aromatic N) is 3. The molecule has 2 aromatic heterocycles. The van der Waals surface area contributed by atoms with Gasteiger partial charge in [-0.05, 0) is 19.4 Å². The molecule has 0 radical (unpaired) electrons. The zero-order chi connectivity index (χ0) is 14.1. The predicted octanol–water partition coefficient (Wildman–Crippen LogP) is 1.27. The number of carboxylic acid groups (broad SMARTS) is 1. The largest absolute Gasteiger partial charge is 0.477 e. The number of aromatic nitrogens is 3. The number of ether oxygens (including phenoxy) is 1. The van der Waals surface area contributed by atoms with Gasteiger partial charge in [-0.2, -0.15) is 0 Å². The highest BCUT2D eigenvalue weighted by molar-refractivity contribution is 5.96. The summed E-state index contributed by atoms with van der Waals surface area (Å²) in [4.78, 5) is 24.4. The molecule has 1 aliphatic heterocycles. The summed E-state index contributed by atoms with van der Waals surface area (Å²) in [6.07, 6.45) is 2.61. The van der Waals surface area contributed by atoms with Crippen LogP contribution < -0.4 is 4.90 Å². The summed E-state index contributed by atoms with van der Waals surface area (Å²) in [6, 6.07) is 1.59. The summed E-state index contributed by atoms with van der Waals surface area (Å²) in [5.41, 5.74) is 0.673. The highest BCUT2D eigenvalue weighted by Crippen LogP contribution is 2.25. The summed E-state index contributed by atoms with van der Waals surface area (Å²) in [7, 11) is 0. The molecule has 0 aromatic carbocycles. The Balaban J connectivity index is 2.00. The zero-order valence-corrected chi connectivity index (χ0v) is 11.2. The third kappa shape index (κ3) is 2.32. The van der Waals surface area contributed by atoms with Crippen LogP contribution in [0.15, 0.2) is 12.4 Å². The number of fused-ring (bicyclic) bond motifs is 1. The van der Waals surface area contributed by atoms with Gasteiger partial charge in [-0.3, -0.25) is 0 Å². The normalized spacial score (nSPS) is 20.1. The number of hydrogen-bond acceptors (Lipinski definition) is 5. The first-order valence-electron chi connectivity index (χ1n) is 6.58. The van der Waals surface area contributed by atoms with Gasteiger partial charge in [0.05, 0.1) is 18.1 Å². The van der Waals surface area contributed by atoms with E-state index in [-0.39, 0.29) is 11.8 Å². The standard InChI is InChI=1S/C13H16N4O3/c1-8-2-3-17(4-5-20-8)12-9-6-10(13(18)19)16-11(9)14-7-15-12/h6-8H,2-5H2,1H3,(H,18,19)(H,14,15,16). The quantitative estimate of drug-likeness (QED) is 0.858. The van der Waals surface area contributed by atoms with Crippen LogP contribution in [-0.4, -0.2) is 51.8 Å². The molecule has 1 atom stereocenters. The maximum absolute atomic E-state index is 11.0. The summed E-state index contributed by atoms with van der Waals surface area (Å²) in [6.45, 7) is 4.27. The van der Waals surface area contributed by atoms with Gasteiger partial charge in [0, 0.05) is 13.1 Å². The van der Waals surface area contributed by atoms with E-state index in [0.717, 1.165) is 30.7 Å². The highest BCUT2D eigenvalue weighted by Gasteiger charge is 2.19. The van der Waals surface area contributed by atoms with Crippen molar-refractivity contribution in [2.45, 2.75) is 19.4 Å². The van der Waals surface area contributed by atoms with Crippen LogP contribution in [0.5, 0.6) is 0 Å². The van der Waals surface area contributed by atoms with E-state index in [1.54, 1.807) is 6.07 Å². The Morgan fingerprint density at radius 1 is 1.50 bits per heavy atom. The number of aromatic carboxylic acids is 1. The van der Waals surface area contributed by atoms with E-state index in [2.05, 4.69) is 26.8 Å². The molecule has 1 fully saturated rings. The van der Waals surface area contributed by atoms with E-state index in [4.69, 9.17) is 9.84 Å². The van der Waals surface area contributed by atoms with Gasteiger partial charge in [0.2, 0.25) is 0 Å². The van der Waals surface area contributed by atoms with Crippen molar-refractivity contribution in [1.82, 2.24) is 15.0 Å². The van der Waals surface area contributed by atoms with Gasteiger partial charge in [-0.15, -0.1) is 0 Å². The Kier molecular flexibility index (Phi) is 3.27. The molecule has 1 aliphatic rings. The molecular weight excluding hydrogens is 260 g/mol. The van der Waals surface area contributed by atoms with E-state index in [1.165, 1.54) is 6.33 Å². The van der Waals surface area contributed by atoms with Crippen LogP contribution in [0.2, 0.25) is 0 Å². The first-order chi connectivity index (χ1) is 9.65. The van der Waals surface area contributed by atoms with Gasteiger partial charge >= 0.3 is 5.97 Å². The molecule has 106 valence electrons. The molecule has 3 heterocycles. The lowest BCUT2D eigenvalue weighted by Gasteiger charge is -2.21. The smallest absolute Gasteiger partial charge is 0.352 e. The summed E-state index contributed by atoms with van der Waals surface area (Å²) < 4.78 is 5.62. The van der Waals surface area contributed by atoms with Gasteiger partial charge in [0.15, 0.2) is 0 Å². The second kappa shape index (κ2) is 5.09. The van der Waals surface area contributed by atoms with Crippen LogP contribution in [0.4, 0.5) is 5.82 Å². The van der Waals surface area contributed by atoms with Crippen molar-refractivity contribution in [3.8, 4) is 0 Å². The Bertz CT molecular complexity index is 640. The van der Waals surface area contributed by atoms with Crippen LogP contribution in [0, 0.1) is 0 Å². The fraction of sp³-hybridized carbons (Fsp3) is 0.462. The fourth-order valence-corrected chi connectivity index (χ4v) is 2.40. The zero-order valence-electron chi connectivity index (χ0n) is 11.2. The third-order valence-electron chi connectivity index (χ3n) is 3.50. The minimum absolute atomic E-state index is 0.126. The molecule has 1 saturated heterocycles. The first kappa shape index (κ1) is 12.9. The number of hydrogen-bond donors (Lipinski definition) is 2. The SMILES string of the molecule is CC1CCN(c2ncnc3[nH]c(C(=O)O)cc23)CCO1. The molecule has 2 aromatic rings. The van der Waals surface area contributed by atoms with E-state index < -0.39 is 5.97 Å². The van der Waals surface area contributed by atoms with Crippen molar-refractivity contribution in [3.63, 3.8) is 0 Å². The van der Waals surface area contributed by atoms with Gasteiger partial charge < -0.3 is 19.7 Å². The first-order valence-corrected chi connectivity index (χ1v) is 6.58. The van der Waals surface area contributed by atoms with E-state index in [9.17, 15) is 4.79 Å². The van der Waals surface area contributed by atoms with Crippen LogP contribution in [0.1, 0.15) is 23.8 Å². The lowest BCUT2D eigenvalue weighted by molar-refractivity contribution is 0.0691. The van der Waals surface area contributed by atoms with Crippen LogP contribution in [-0.2, 0) is 4.74 Å². The molecule has 7 nitrogen and oxygen atoms in total. The third-order valence-corrected chi connectivity index (χ3v) is 3.50. The number of nitrogens with one attached hydrogen (secondary N) is 1. The van der Waals surface area contributed by atoms with Gasteiger partial charge in [-0.25, -0.2) is 14.8 Å². The predicted molar refractivity (Wildman–Crippen MR) is 73.1 cm³/mol. The molecule has 0 amide bonds. The molecule has 1 unspecified atom stereocenters. The Hall–Kier alpha value is -2.15. The Labute approximate surface area is 115 Å². The summed E-state index contributed by atoms with van der Waals surface area (Å²) >= 11 is 0.